The zero-order valence-corrected chi connectivity index (χ0v) is 11.9. The average Bonchev–Trinajstić information content (AvgIpc) is 2.36. The first-order chi connectivity index (χ1) is 9.09. The van der Waals surface area contributed by atoms with Crippen molar-refractivity contribution in [2.24, 2.45) is 11.7 Å². The summed E-state index contributed by atoms with van der Waals surface area (Å²) in [5.74, 6) is 0.523. The largest absolute Gasteiger partial charge is 0.379 e. The smallest absolute Gasteiger partial charge is 0.250 e. The molecule has 0 radical (unpaired) electrons. The van der Waals surface area contributed by atoms with Crippen LogP contribution in [-0.2, 0) is 17.7 Å². The normalized spacial score (nSPS) is 18.6. The lowest BCUT2D eigenvalue weighted by Gasteiger charge is -2.25. The van der Waals surface area contributed by atoms with Gasteiger partial charge in [-0.1, -0.05) is 19.9 Å². The SMILES string of the molecule is CC(C)COCCn1c2c(ccc1=O)C(N)CCC2. The Balaban J connectivity index is 2.11. The van der Waals surface area contributed by atoms with Gasteiger partial charge in [-0.05, 0) is 30.7 Å². The van der Waals surface area contributed by atoms with Gasteiger partial charge in [-0.3, -0.25) is 4.79 Å². The molecule has 0 fully saturated rings. The third-order valence-corrected chi connectivity index (χ3v) is 3.57. The fraction of sp³-hybridized carbons (Fsp3) is 0.667. The number of nitrogens with zero attached hydrogens (tertiary/aromatic N) is 1. The van der Waals surface area contributed by atoms with Gasteiger partial charge in [0.05, 0.1) is 6.61 Å². The fourth-order valence-electron chi connectivity index (χ4n) is 2.62. The molecule has 1 unspecified atom stereocenters. The summed E-state index contributed by atoms with van der Waals surface area (Å²) in [5.41, 5.74) is 8.41. The second-order valence-corrected chi connectivity index (χ2v) is 5.69. The lowest BCUT2D eigenvalue weighted by atomic mass is 9.91. The molecule has 0 amide bonds. The highest BCUT2D eigenvalue weighted by atomic mass is 16.5. The van der Waals surface area contributed by atoms with Crippen molar-refractivity contribution >= 4 is 0 Å². The highest BCUT2D eigenvalue weighted by Crippen LogP contribution is 2.26. The molecule has 0 bridgehead atoms. The molecule has 1 aromatic heterocycles. The summed E-state index contributed by atoms with van der Waals surface area (Å²) in [6, 6.07) is 3.60. The summed E-state index contributed by atoms with van der Waals surface area (Å²) in [6.07, 6.45) is 3.02. The highest BCUT2D eigenvalue weighted by Gasteiger charge is 2.19. The van der Waals surface area contributed by atoms with Gasteiger partial charge in [0.15, 0.2) is 0 Å². The third kappa shape index (κ3) is 3.45. The molecule has 0 saturated heterocycles. The number of hydrogen-bond acceptors (Lipinski definition) is 3. The van der Waals surface area contributed by atoms with Crippen LogP contribution in [0.25, 0.3) is 0 Å². The van der Waals surface area contributed by atoms with E-state index in [2.05, 4.69) is 13.8 Å². The van der Waals surface area contributed by atoms with Crippen LogP contribution in [0.15, 0.2) is 16.9 Å². The van der Waals surface area contributed by atoms with Crippen molar-refractivity contribution in [2.45, 2.75) is 45.7 Å². The number of aromatic nitrogens is 1. The van der Waals surface area contributed by atoms with Crippen molar-refractivity contribution in [3.63, 3.8) is 0 Å². The second-order valence-electron chi connectivity index (χ2n) is 5.69. The Kier molecular flexibility index (Phi) is 4.77. The summed E-state index contributed by atoms with van der Waals surface area (Å²) in [5, 5.41) is 0. The molecule has 1 aliphatic carbocycles. The first-order valence-corrected chi connectivity index (χ1v) is 7.15. The maximum absolute atomic E-state index is 12.0. The first-order valence-electron chi connectivity index (χ1n) is 7.15. The van der Waals surface area contributed by atoms with E-state index in [0.29, 0.717) is 19.1 Å². The van der Waals surface area contributed by atoms with Gasteiger partial charge in [-0.2, -0.15) is 0 Å². The molecule has 1 aromatic rings. The maximum atomic E-state index is 12.0. The number of hydrogen-bond donors (Lipinski definition) is 1. The topological polar surface area (TPSA) is 57.2 Å². The van der Waals surface area contributed by atoms with Crippen LogP contribution >= 0.6 is 0 Å². The molecule has 19 heavy (non-hydrogen) atoms. The number of rotatable bonds is 5. The van der Waals surface area contributed by atoms with Gasteiger partial charge in [0.1, 0.15) is 0 Å². The minimum absolute atomic E-state index is 0.0565. The molecule has 1 atom stereocenters. The van der Waals surface area contributed by atoms with Gasteiger partial charge in [0, 0.05) is 31.0 Å². The Morgan fingerprint density at radius 2 is 2.26 bits per heavy atom. The molecule has 106 valence electrons. The Labute approximate surface area is 114 Å². The van der Waals surface area contributed by atoms with Crippen LogP contribution in [0.3, 0.4) is 0 Å². The quantitative estimate of drug-likeness (QED) is 0.826. The molecular formula is C15H24N2O2. The molecule has 1 aliphatic rings. The Morgan fingerprint density at radius 3 is 3.00 bits per heavy atom. The van der Waals surface area contributed by atoms with E-state index in [-0.39, 0.29) is 11.6 Å². The predicted molar refractivity (Wildman–Crippen MR) is 76.2 cm³/mol. The van der Waals surface area contributed by atoms with E-state index < -0.39 is 0 Å². The summed E-state index contributed by atoms with van der Waals surface area (Å²) >= 11 is 0. The van der Waals surface area contributed by atoms with Crippen LogP contribution < -0.4 is 11.3 Å². The molecule has 0 spiro atoms. The van der Waals surface area contributed by atoms with Crippen LogP contribution in [0.4, 0.5) is 0 Å². The number of fused-ring (bicyclic) bond motifs is 1. The minimum Gasteiger partial charge on any atom is -0.379 e. The standard InChI is InChI=1S/C15H24N2O2/c1-11(2)10-19-9-8-17-14-5-3-4-13(16)12(14)6-7-15(17)18/h6-7,11,13H,3-5,8-10,16H2,1-2H3. The lowest BCUT2D eigenvalue weighted by molar-refractivity contribution is 0.102. The van der Waals surface area contributed by atoms with E-state index in [9.17, 15) is 4.79 Å². The van der Waals surface area contributed by atoms with Crippen LogP contribution in [0.2, 0.25) is 0 Å². The Bertz CT molecular complexity index is 480. The molecule has 1 heterocycles. The van der Waals surface area contributed by atoms with Gasteiger partial charge in [0.25, 0.3) is 5.56 Å². The number of pyridine rings is 1. The zero-order valence-electron chi connectivity index (χ0n) is 11.9. The fourth-order valence-corrected chi connectivity index (χ4v) is 2.62. The van der Waals surface area contributed by atoms with E-state index in [1.807, 2.05) is 10.6 Å². The molecule has 2 rings (SSSR count). The van der Waals surface area contributed by atoms with Crippen molar-refractivity contribution in [3.8, 4) is 0 Å². The maximum Gasteiger partial charge on any atom is 0.250 e. The lowest BCUT2D eigenvalue weighted by Crippen LogP contribution is -2.30. The summed E-state index contributed by atoms with van der Waals surface area (Å²) in [6.45, 7) is 6.19. The Morgan fingerprint density at radius 1 is 1.47 bits per heavy atom. The van der Waals surface area contributed by atoms with Gasteiger partial charge >= 0.3 is 0 Å². The average molecular weight is 264 g/mol. The molecular weight excluding hydrogens is 240 g/mol. The minimum atomic E-state index is 0.0565. The summed E-state index contributed by atoms with van der Waals surface area (Å²) in [4.78, 5) is 12.0. The molecule has 4 nitrogen and oxygen atoms in total. The monoisotopic (exact) mass is 264 g/mol. The number of nitrogens with two attached hydrogens (primary N) is 1. The van der Waals surface area contributed by atoms with E-state index in [4.69, 9.17) is 10.5 Å². The van der Waals surface area contributed by atoms with Crippen molar-refractivity contribution in [1.82, 2.24) is 4.57 Å². The van der Waals surface area contributed by atoms with Crippen molar-refractivity contribution in [2.75, 3.05) is 13.2 Å². The first kappa shape index (κ1) is 14.3. The van der Waals surface area contributed by atoms with Crippen LogP contribution in [0, 0.1) is 5.92 Å². The number of ether oxygens (including phenoxy) is 1. The van der Waals surface area contributed by atoms with E-state index >= 15 is 0 Å². The predicted octanol–water partition coefficient (Wildman–Crippen LogP) is 1.86. The molecule has 4 heteroatoms. The molecule has 0 aliphatic heterocycles. The van der Waals surface area contributed by atoms with E-state index in [1.165, 1.54) is 0 Å². The van der Waals surface area contributed by atoms with Gasteiger partial charge in [-0.25, -0.2) is 0 Å². The summed E-state index contributed by atoms with van der Waals surface area (Å²) in [7, 11) is 0. The van der Waals surface area contributed by atoms with Crippen LogP contribution in [0.5, 0.6) is 0 Å². The molecule has 2 N–H and O–H groups in total. The van der Waals surface area contributed by atoms with E-state index in [1.54, 1.807) is 6.07 Å². The van der Waals surface area contributed by atoms with Gasteiger partial charge < -0.3 is 15.0 Å². The van der Waals surface area contributed by atoms with Crippen molar-refractivity contribution in [1.29, 1.82) is 0 Å². The highest BCUT2D eigenvalue weighted by molar-refractivity contribution is 5.27. The zero-order chi connectivity index (χ0) is 13.8. The van der Waals surface area contributed by atoms with Crippen LogP contribution in [0.1, 0.15) is 44.0 Å². The van der Waals surface area contributed by atoms with Crippen LogP contribution in [-0.4, -0.2) is 17.8 Å². The van der Waals surface area contributed by atoms with Crippen molar-refractivity contribution in [3.05, 3.63) is 33.7 Å². The van der Waals surface area contributed by atoms with Gasteiger partial charge in [-0.15, -0.1) is 0 Å². The third-order valence-electron chi connectivity index (χ3n) is 3.57. The second kappa shape index (κ2) is 6.35. The molecule has 0 aromatic carbocycles. The Hall–Kier alpha value is -1.13. The van der Waals surface area contributed by atoms with Crippen molar-refractivity contribution < 1.29 is 4.74 Å². The van der Waals surface area contributed by atoms with Gasteiger partial charge in [0.2, 0.25) is 0 Å². The van der Waals surface area contributed by atoms with E-state index in [0.717, 1.165) is 37.1 Å². The summed E-state index contributed by atoms with van der Waals surface area (Å²) < 4.78 is 7.42. The molecule has 0 saturated carbocycles.